The monoisotopic (exact) mass is 138 g/mol. The molecule has 0 saturated heterocycles. The van der Waals surface area contributed by atoms with Crippen LogP contribution < -0.4 is 47.0 Å². The van der Waals surface area contributed by atoms with E-state index in [0.717, 1.165) is 0 Å². The number of carboxylic acid groups (broad SMARTS) is 2. The SMILES string of the molecule is F.N.N.O=C([O-])O.[Na+]. The van der Waals surface area contributed by atoms with E-state index in [4.69, 9.17) is 15.0 Å². The average Bonchev–Trinajstić information content (AvgIpc) is 0.811. The molecular weight excluding hydrogens is 130 g/mol. The first-order valence-electron chi connectivity index (χ1n) is 0.632. The minimum Gasteiger partial charge on any atom is -0.565 e. The summed E-state index contributed by atoms with van der Waals surface area (Å²) in [6.07, 6.45) is -2.08. The van der Waals surface area contributed by atoms with Crippen molar-refractivity contribution in [1.29, 1.82) is 0 Å². The van der Waals surface area contributed by atoms with Crippen LogP contribution in [0.25, 0.3) is 0 Å². The maximum atomic E-state index is 8.44. The molecule has 0 aromatic rings. The topological polar surface area (TPSA) is 130 Å². The predicted octanol–water partition coefficient (Wildman–Crippen LogP) is -3.63. The molecule has 0 unspecified atom stereocenters. The fourth-order valence-corrected chi connectivity index (χ4v) is 0. The zero-order valence-electron chi connectivity index (χ0n) is 4.59. The fraction of sp³-hybridized carbons (Fsp3) is 0. The molecule has 0 bridgehead atoms. The molecule has 0 spiro atoms. The summed E-state index contributed by atoms with van der Waals surface area (Å²) in [5.74, 6) is 0. The summed E-state index contributed by atoms with van der Waals surface area (Å²) in [4.78, 5) is 8.44. The minimum atomic E-state index is -2.08. The van der Waals surface area contributed by atoms with E-state index in [1.54, 1.807) is 0 Å². The van der Waals surface area contributed by atoms with Gasteiger partial charge < -0.3 is 27.3 Å². The first-order chi connectivity index (χ1) is 1.73. The van der Waals surface area contributed by atoms with Gasteiger partial charge in [0.15, 0.2) is 0 Å². The number of hydrogen-bond donors (Lipinski definition) is 3. The van der Waals surface area contributed by atoms with Crippen molar-refractivity contribution in [2.45, 2.75) is 0 Å². The van der Waals surface area contributed by atoms with Crippen molar-refractivity contribution in [2.75, 3.05) is 0 Å². The molecule has 0 aliphatic rings. The van der Waals surface area contributed by atoms with Crippen molar-refractivity contribution in [1.82, 2.24) is 12.3 Å². The summed E-state index contributed by atoms with van der Waals surface area (Å²) in [6.45, 7) is 0. The standard InChI is InChI=1S/CH2O3.FH.2H3N.Na/c2-1(3)4;;;;/h(H2,2,3,4);1H;2*1H3;/q;;;;+1/p-1. The second-order valence-corrected chi connectivity index (χ2v) is 0.266. The summed E-state index contributed by atoms with van der Waals surface area (Å²) in [7, 11) is 0. The zero-order chi connectivity index (χ0) is 3.58. The third-order valence-corrected chi connectivity index (χ3v) is 0. The maximum Gasteiger partial charge on any atom is 1.00 e. The molecule has 0 radical (unpaired) electrons. The third kappa shape index (κ3) is 11100. The Kier molecular flexibility index (Phi) is 145. The van der Waals surface area contributed by atoms with Crippen LogP contribution in [0, 0.1) is 0 Å². The van der Waals surface area contributed by atoms with Crippen LogP contribution in [0.1, 0.15) is 0 Å². The Bertz CT molecular complexity index is 40.3. The summed E-state index contributed by atoms with van der Waals surface area (Å²) in [5, 5.41) is 15.3. The van der Waals surface area contributed by atoms with E-state index < -0.39 is 6.16 Å². The number of rotatable bonds is 0. The average molecular weight is 138 g/mol. The summed E-state index contributed by atoms with van der Waals surface area (Å²) in [6, 6.07) is 0. The Hall–Kier alpha value is 0.120. The number of hydrogen-bond acceptors (Lipinski definition) is 4. The minimum absolute atomic E-state index is 0. The van der Waals surface area contributed by atoms with Crippen molar-refractivity contribution in [3.63, 3.8) is 0 Å². The molecule has 5 nitrogen and oxygen atoms in total. The maximum absolute atomic E-state index is 8.44. The molecule has 0 aromatic carbocycles. The van der Waals surface area contributed by atoms with Gasteiger partial charge in [-0.1, -0.05) is 0 Å². The largest absolute Gasteiger partial charge is 1.00 e. The fourth-order valence-electron chi connectivity index (χ4n) is 0. The van der Waals surface area contributed by atoms with Crippen molar-refractivity contribution in [3.8, 4) is 0 Å². The van der Waals surface area contributed by atoms with Gasteiger partial charge in [-0.05, 0) is 0 Å². The van der Waals surface area contributed by atoms with Crippen LogP contribution >= 0.6 is 0 Å². The summed E-state index contributed by atoms with van der Waals surface area (Å²) < 4.78 is 0. The second-order valence-electron chi connectivity index (χ2n) is 0.266. The van der Waals surface area contributed by atoms with E-state index >= 15 is 0 Å². The molecule has 48 valence electrons. The van der Waals surface area contributed by atoms with E-state index in [9.17, 15) is 0 Å². The Labute approximate surface area is 67.9 Å². The van der Waals surface area contributed by atoms with Crippen molar-refractivity contribution in [3.05, 3.63) is 0 Å². The van der Waals surface area contributed by atoms with Gasteiger partial charge in [-0.25, -0.2) is 0 Å². The van der Waals surface area contributed by atoms with Crippen molar-refractivity contribution in [2.24, 2.45) is 0 Å². The molecule has 0 rings (SSSR count). The molecule has 0 saturated carbocycles. The van der Waals surface area contributed by atoms with E-state index in [2.05, 4.69) is 0 Å². The van der Waals surface area contributed by atoms with E-state index in [-0.39, 0.29) is 46.6 Å². The Morgan fingerprint density at radius 2 is 1.38 bits per heavy atom. The van der Waals surface area contributed by atoms with Gasteiger partial charge in [0, 0.05) is 0 Å². The van der Waals surface area contributed by atoms with E-state index in [1.807, 2.05) is 0 Å². The quantitative estimate of drug-likeness (QED) is 0.297. The van der Waals surface area contributed by atoms with Gasteiger partial charge in [-0.3, -0.25) is 4.70 Å². The normalized spacial score (nSPS) is 3.00. The van der Waals surface area contributed by atoms with Crippen molar-refractivity contribution < 1.29 is 49.3 Å². The van der Waals surface area contributed by atoms with Crippen LogP contribution in [-0.4, -0.2) is 11.3 Å². The molecule has 7 heteroatoms. The van der Waals surface area contributed by atoms with Gasteiger partial charge in [-0.15, -0.1) is 0 Å². The van der Waals surface area contributed by atoms with Gasteiger partial charge in [0.05, 0.1) is 0 Å². The Morgan fingerprint density at radius 3 is 1.38 bits per heavy atom. The van der Waals surface area contributed by atoms with E-state index in [0.29, 0.717) is 0 Å². The molecule has 0 atom stereocenters. The van der Waals surface area contributed by atoms with Crippen LogP contribution in [0.5, 0.6) is 0 Å². The molecular formula is CH8FN2NaO3. The summed E-state index contributed by atoms with van der Waals surface area (Å²) >= 11 is 0. The molecule has 7 N–H and O–H groups in total. The Balaban J connectivity index is -0.00000000750. The van der Waals surface area contributed by atoms with Crippen LogP contribution in [0.15, 0.2) is 0 Å². The molecule has 0 aromatic heterocycles. The molecule has 0 fully saturated rings. The molecule has 8 heavy (non-hydrogen) atoms. The number of carbonyl (C=O) groups is 1. The molecule has 0 amide bonds. The molecule has 0 aliphatic carbocycles. The number of halogens is 1. The van der Waals surface area contributed by atoms with Crippen LogP contribution in [0.3, 0.4) is 0 Å². The first kappa shape index (κ1) is 42.3. The van der Waals surface area contributed by atoms with Gasteiger partial charge in [-0.2, -0.15) is 0 Å². The smallest absolute Gasteiger partial charge is 0.565 e. The summed E-state index contributed by atoms with van der Waals surface area (Å²) in [5.41, 5.74) is 0. The van der Waals surface area contributed by atoms with Gasteiger partial charge in [0.1, 0.15) is 0 Å². The van der Waals surface area contributed by atoms with Crippen LogP contribution in [0.4, 0.5) is 9.50 Å². The second kappa shape index (κ2) is 27.4. The first-order valence-corrected chi connectivity index (χ1v) is 0.632. The van der Waals surface area contributed by atoms with Gasteiger partial charge >= 0.3 is 29.6 Å². The third-order valence-electron chi connectivity index (χ3n) is 0. The van der Waals surface area contributed by atoms with Crippen molar-refractivity contribution >= 4 is 6.16 Å². The predicted molar refractivity (Wildman–Crippen MR) is 20.6 cm³/mol. The van der Waals surface area contributed by atoms with Gasteiger partial charge in [0.25, 0.3) is 0 Å². The molecule has 0 aliphatic heterocycles. The zero-order valence-corrected chi connectivity index (χ0v) is 6.59. The molecule has 0 heterocycles. The Morgan fingerprint density at radius 1 is 1.38 bits per heavy atom. The van der Waals surface area contributed by atoms with Crippen LogP contribution in [-0.2, 0) is 0 Å². The van der Waals surface area contributed by atoms with E-state index in [1.165, 1.54) is 0 Å². The van der Waals surface area contributed by atoms with Gasteiger partial charge in [0.2, 0.25) is 6.16 Å². The van der Waals surface area contributed by atoms with Crippen LogP contribution in [0.2, 0.25) is 0 Å².